The van der Waals surface area contributed by atoms with E-state index < -0.39 is 20.3 Å². The summed E-state index contributed by atoms with van der Waals surface area (Å²) in [6.45, 7) is 12.6. The summed E-state index contributed by atoms with van der Waals surface area (Å²) in [5, 5.41) is 5.18. The lowest BCUT2D eigenvalue weighted by Crippen LogP contribution is -2.66. The molecule has 33 heavy (non-hydrogen) atoms. The number of methoxy groups -OCH3 is 1. The maximum absolute atomic E-state index is 7.03. The normalized spacial score (nSPS) is 24.8. The monoisotopic (exact) mass is 479 g/mol. The molecule has 2 heterocycles. The Labute approximate surface area is 199 Å². The van der Waals surface area contributed by atoms with E-state index in [4.69, 9.17) is 28.5 Å². The SMILES string of the molecule is CC[Si](CC)(CC)O[C@@H]1[C@H]2OC(C)(C)OC[C@H]2N=C(NCCOC)N1OCc1ccccc1. The third kappa shape index (κ3) is 6.55. The number of nitrogens with zero attached hydrogens (tertiary/aromatic N) is 2. The molecule has 0 spiro atoms. The molecule has 3 atom stereocenters. The molecule has 8 nitrogen and oxygen atoms in total. The number of hydroxylamine groups is 2. The average molecular weight is 480 g/mol. The Morgan fingerprint density at radius 1 is 1.15 bits per heavy atom. The molecule has 0 bridgehead atoms. The fourth-order valence-corrected chi connectivity index (χ4v) is 7.00. The summed E-state index contributed by atoms with van der Waals surface area (Å²) < 4.78 is 24.6. The zero-order valence-electron chi connectivity index (χ0n) is 21.0. The van der Waals surface area contributed by atoms with E-state index in [1.54, 1.807) is 12.2 Å². The molecule has 1 fully saturated rings. The minimum absolute atomic E-state index is 0.179. The molecule has 1 N–H and O–H groups in total. The Balaban J connectivity index is 1.95. The maximum atomic E-state index is 7.03. The lowest BCUT2D eigenvalue weighted by Gasteiger charge is -2.50. The summed E-state index contributed by atoms with van der Waals surface area (Å²) >= 11 is 0. The van der Waals surface area contributed by atoms with Gasteiger partial charge >= 0.3 is 0 Å². The first-order valence-corrected chi connectivity index (χ1v) is 14.7. The Hall–Kier alpha value is -1.49. The summed E-state index contributed by atoms with van der Waals surface area (Å²) in [5.74, 6) is -0.0773. The summed E-state index contributed by atoms with van der Waals surface area (Å²) in [5.41, 5.74) is 1.08. The zero-order valence-corrected chi connectivity index (χ0v) is 22.0. The summed E-state index contributed by atoms with van der Waals surface area (Å²) in [4.78, 5) is 11.3. The smallest absolute Gasteiger partial charge is 0.221 e. The van der Waals surface area contributed by atoms with Crippen LogP contribution < -0.4 is 5.32 Å². The van der Waals surface area contributed by atoms with Crippen molar-refractivity contribution >= 4 is 14.3 Å². The standard InChI is InChI=1S/C24H41N3O5Si/c1-7-33(8-2,9-3)32-22-21-20(18-29-24(4,5)31-21)26-23(25-15-16-28-6)27(22)30-17-19-13-11-10-12-14-19/h10-14,20-22H,7-9,15-18H2,1-6H3,(H,25,26)/t20-,21+,22-/m1/s1. The summed E-state index contributed by atoms with van der Waals surface area (Å²) in [7, 11) is -0.310. The lowest BCUT2D eigenvalue weighted by molar-refractivity contribution is -0.327. The molecule has 3 rings (SSSR count). The molecule has 0 radical (unpaired) electrons. The van der Waals surface area contributed by atoms with Crippen molar-refractivity contribution in [1.82, 2.24) is 10.4 Å². The molecule has 1 saturated heterocycles. The fourth-order valence-electron chi connectivity index (χ4n) is 4.26. The molecular weight excluding hydrogens is 438 g/mol. The van der Waals surface area contributed by atoms with Crippen molar-refractivity contribution in [1.29, 1.82) is 0 Å². The number of nitrogens with one attached hydrogen (secondary N) is 1. The number of hydrogen-bond donors (Lipinski definition) is 1. The van der Waals surface area contributed by atoms with Crippen LogP contribution >= 0.6 is 0 Å². The maximum Gasteiger partial charge on any atom is 0.221 e. The second-order valence-corrected chi connectivity index (χ2v) is 13.8. The number of rotatable bonds is 11. The molecule has 2 aliphatic rings. The van der Waals surface area contributed by atoms with Crippen LogP contribution in [0.3, 0.4) is 0 Å². The second kappa shape index (κ2) is 11.8. The van der Waals surface area contributed by atoms with Crippen molar-refractivity contribution in [3.63, 3.8) is 0 Å². The summed E-state index contributed by atoms with van der Waals surface area (Å²) in [6, 6.07) is 13.0. The lowest BCUT2D eigenvalue weighted by atomic mass is 10.1. The topological polar surface area (TPSA) is 73.8 Å². The molecule has 0 saturated carbocycles. The molecule has 0 aromatic heterocycles. The molecule has 186 valence electrons. The number of ether oxygens (including phenoxy) is 3. The van der Waals surface area contributed by atoms with Gasteiger partial charge in [-0.2, -0.15) is 5.06 Å². The third-order valence-electron chi connectivity index (χ3n) is 6.52. The highest BCUT2D eigenvalue weighted by Gasteiger charge is 2.50. The van der Waals surface area contributed by atoms with Crippen LogP contribution in [0.1, 0.15) is 40.2 Å². The minimum Gasteiger partial charge on any atom is -0.393 e. The minimum atomic E-state index is -2.00. The zero-order chi connectivity index (χ0) is 23.9. The van der Waals surface area contributed by atoms with Gasteiger partial charge in [0.2, 0.25) is 5.96 Å². The van der Waals surface area contributed by atoms with Crippen molar-refractivity contribution < 1.29 is 23.5 Å². The van der Waals surface area contributed by atoms with E-state index in [2.05, 4.69) is 38.2 Å². The van der Waals surface area contributed by atoms with Crippen molar-refractivity contribution in [3.8, 4) is 0 Å². The van der Waals surface area contributed by atoms with E-state index in [9.17, 15) is 0 Å². The Morgan fingerprint density at radius 2 is 1.85 bits per heavy atom. The molecule has 1 aromatic rings. The van der Waals surface area contributed by atoms with E-state index in [0.29, 0.717) is 32.3 Å². The highest BCUT2D eigenvalue weighted by molar-refractivity contribution is 6.73. The summed E-state index contributed by atoms with van der Waals surface area (Å²) in [6.07, 6.45) is -0.718. The van der Waals surface area contributed by atoms with Crippen molar-refractivity contribution in [2.45, 2.75) is 83.5 Å². The van der Waals surface area contributed by atoms with E-state index in [1.807, 2.05) is 32.0 Å². The Kier molecular flexibility index (Phi) is 9.31. The van der Waals surface area contributed by atoms with Gasteiger partial charge in [0.1, 0.15) is 18.8 Å². The fraction of sp³-hybridized carbons (Fsp3) is 0.708. The van der Waals surface area contributed by atoms with E-state index >= 15 is 0 Å². The van der Waals surface area contributed by atoms with Gasteiger partial charge in [0.05, 0.1) is 13.2 Å². The molecule has 2 aliphatic heterocycles. The first kappa shape index (κ1) is 26.1. The number of hydrogen-bond acceptors (Lipinski definition) is 8. The molecule has 0 aliphatic carbocycles. The van der Waals surface area contributed by atoms with Crippen LogP contribution in [0.4, 0.5) is 0 Å². The van der Waals surface area contributed by atoms with Crippen LogP contribution in [-0.2, 0) is 30.1 Å². The van der Waals surface area contributed by atoms with Crippen molar-refractivity contribution in [2.75, 3.05) is 26.9 Å². The van der Waals surface area contributed by atoms with Gasteiger partial charge in [-0.05, 0) is 37.5 Å². The van der Waals surface area contributed by atoms with E-state index in [0.717, 1.165) is 23.7 Å². The van der Waals surface area contributed by atoms with Gasteiger partial charge in [0, 0.05) is 13.7 Å². The van der Waals surface area contributed by atoms with Gasteiger partial charge in [-0.15, -0.1) is 0 Å². The number of aliphatic imine (C=N–C) groups is 1. The van der Waals surface area contributed by atoms with Crippen LogP contribution in [-0.4, -0.2) is 70.4 Å². The van der Waals surface area contributed by atoms with Gasteiger partial charge in [0.25, 0.3) is 0 Å². The van der Waals surface area contributed by atoms with Gasteiger partial charge in [-0.1, -0.05) is 51.1 Å². The van der Waals surface area contributed by atoms with Gasteiger partial charge < -0.3 is 24.0 Å². The predicted molar refractivity (Wildman–Crippen MR) is 131 cm³/mol. The Morgan fingerprint density at radius 3 is 2.48 bits per heavy atom. The van der Waals surface area contributed by atoms with Gasteiger partial charge in [-0.25, -0.2) is 4.99 Å². The molecule has 1 aromatic carbocycles. The van der Waals surface area contributed by atoms with Gasteiger partial charge in [-0.3, -0.25) is 4.84 Å². The van der Waals surface area contributed by atoms with Crippen LogP contribution in [0.15, 0.2) is 35.3 Å². The molecular formula is C24H41N3O5Si. The molecule has 0 amide bonds. The third-order valence-corrected chi connectivity index (χ3v) is 11.1. The van der Waals surface area contributed by atoms with Crippen LogP contribution in [0, 0.1) is 0 Å². The van der Waals surface area contributed by atoms with Crippen LogP contribution in [0.25, 0.3) is 0 Å². The first-order chi connectivity index (χ1) is 15.9. The van der Waals surface area contributed by atoms with Crippen molar-refractivity contribution in [3.05, 3.63) is 35.9 Å². The highest BCUT2D eigenvalue weighted by atomic mass is 28.4. The van der Waals surface area contributed by atoms with E-state index in [-0.39, 0.29) is 12.1 Å². The number of fused-ring (bicyclic) bond motifs is 1. The van der Waals surface area contributed by atoms with E-state index in [1.165, 1.54) is 0 Å². The quantitative estimate of drug-likeness (QED) is 0.381. The number of guanidine groups is 1. The second-order valence-electron chi connectivity index (χ2n) is 9.07. The molecule has 9 heteroatoms. The van der Waals surface area contributed by atoms with Crippen LogP contribution in [0.2, 0.25) is 18.1 Å². The number of benzene rings is 1. The average Bonchev–Trinajstić information content (AvgIpc) is 2.82. The highest BCUT2D eigenvalue weighted by Crippen LogP contribution is 2.35. The Bertz CT molecular complexity index is 751. The predicted octanol–water partition coefficient (Wildman–Crippen LogP) is 3.89. The van der Waals surface area contributed by atoms with Gasteiger partial charge in [0.15, 0.2) is 20.3 Å². The molecule has 0 unspecified atom stereocenters. The largest absolute Gasteiger partial charge is 0.393 e. The van der Waals surface area contributed by atoms with Crippen molar-refractivity contribution in [2.24, 2.45) is 4.99 Å². The first-order valence-electron chi connectivity index (χ1n) is 12.1. The van der Waals surface area contributed by atoms with Crippen LogP contribution in [0.5, 0.6) is 0 Å².